The Bertz CT molecular complexity index is 265. The van der Waals surface area contributed by atoms with E-state index in [1.165, 1.54) is 0 Å². The van der Waals surface area contributed by atoms with Crippen LogP contribution in [-0.2, 0) is 9.59 Å². The molecule has 1 N–H and O–H groups in total. The van der Waals surface area contributed by atoms with E-state index in [4.69, 9.17) is 5.11 Å². The molecule has 0 radical (unpaired) electrons. The van der Waals surface area contributed by atoms with Gasteiger partial charge in [-0.1, -0.05) is 13.3 Å². The molecule has 0 bridgehead atoms. The normalized spacial score (nSPS) is 24.4. The highest BCUT2D eigenvalue weighted by Gasteiger charge is 2.34. The molecule has 0 aromatic rings. The van der Waals surface area contributed by atoms with E-state index in [1.807, 2.05) is 7.05 Å². The lowest BCUT2D eigenvalue weighted by Crippen LogP contribution is -2.32. The summed E-state index contributed by atoms with van der Waals surface area (Å²) in [6.07, 6.45) is 3.97. The molecule has 1 amide bonds. The summed E-state index contributed by atoms with van der Waals surface area (Å²) < 4.78 is 0. The molecular formula is C12H21NO3. The summed E-state index contributed by atoms with van der Waals surface area (Å²) in [4.78, 5) is 24.5. The molecule has 1 aliphatic rings. The van der Waals surface area contributed by atoms with E-state index in [9.17, 15) is 9.59 Å². The summed E-state index contributed by atoms with van der Waals surface area (Å²) in [7, 11) is 1.81. The van der Waals surface area contributed by atoms with Crippen LogP contribution in [0.2, 0.25) is 0 Å². The van der Waals surface area contributed by atoms with Crippen molar-refractivity contribution in [1.29, 1.82) is 0 Å². The molecule has 92 valence electrons. The number of hydrogen-bond acceptors (Lipinski definition) is 2. The molecule has 1 rings (SSSR count). The Labute approximate surface area is 96.6 Å². The van der Waals surface area contributed by atoms with Gasteiger partial charge in [-0.05, 0) is 25.7 Å². The number of carboxylic acid groups (broad SMARTS) is 1. The maximum atomic E-state index is 12.0. The van der Waals surface area contributed by atoms with Gasteiger partial charge in [0.1, 0.15) is 0 Å². The second kappa shape index (κ2) is 5.87. The highest BCUT2D eigenvalue weighted by atomic mass is 16.4. The van der Waals surface area contributed by atoms with Gasteiger partial charge >= 0.3 is 5.97 Å². The smallest absolute Gasteiger partial charge is 0.306 e. The monoisotopic (exact) mass is 227 g/mol. The fraction of sp³-hybridized carbons (Fsp3) is 0.833. The fourth-order valence-electron chi connectivity index (χ4n) is 2.25. The summed E-state index contributed by atoms with van der Waals surface area (Å²) in [6.45, 7) is 2.87. The van der Waals surface area contributed by atoms with Gasteiger partial charge in [-0.3, -0.25) is 9.59 Å². The zero-order valence-corrected chi connectivity index (χ0v) is 10.1. The molecule has 0 aromatic carbocycles. The SMILES string of the molecule is CCCCN(C)C(=O)C1CCC(C(=O)O)C1. The van der Waals surface area contributed by atoms with E-state index in [1.54, 1.807) is 4.90 Å². The Balaban J connectivity index is 2.41. The van der Waals surface area contributed by atoms with Gasteiger partial charge in [0.15, 0.2) is 0 Å². The highest BCUT2D eigenvalue weighted by Crippen LogP contribution is 2.32. The van der Waals surface area contributed by atoms with Crippen molar-refractivity contribution in [2.24, 2.45) is 11.8 Å². The Morgan fingerprint density at radius 2 is 1.94 bits per heavy atom. The van der Waals surface area contributed by atoms with Crippen LogP contribution in [-0.4, -0.2) is 35.5 Å². The van der Waals surface area contributed by atoms with E-state index < -0.39 is 5.97 Å². The van der Waals surface area contributed by atoms with Crippen molar-refractivity contribution in [3.63, 3.8) is 0 Å². The maximum absolute atomic E-state index is 12.0. The first-order chi connectivity index (χ1) is 7.56. The molecule has 2 unspecified atom stereocenters. The van der Waals surface area contributed by atoms with Crippen LogP contribution < -0.4 is 0 Å². The number of nitrogens with zero attached hydrogens (tertiary/aromatic N) is 1. The van der Waals surface area contributed by atoms with Crippen LogP contribution in [0.3, 0.4) is 0 Å². The summed E-state index contributed by atoms with van der Waals surface area (Å²) in [5, 5.41) is 8.87. The summed E-state index contributed by atoms with van der Waals surface area (Å²) >= 11 is 0. The first kappa shape index (κ1) is 13.0. The van der Waals surface area contributed by atoms with Crippen molar-refractivity contribution in [3.05, 3.63) is 0 Å². The average molecular weight is 227 g/mol. The number of carbonyl (C=O) groups is 2. The van der Waals surface area contributed by atoms with E-state index in [2.05, 4.69) is 6.92 Å². The van der Waals surface area contributed by atoms with Crippen LogP contribution in [0.1, 0.15) is 39.0 Å². The molecular weight excluding hydrogens is 206 g/mol. The van der Waals surface area contributed by atoms with E-state index in [0.29, 0.717) is 12.8 Å². The number of aliphatic carboxylic acids is 1. The molecule has 0 aliphatic heterocycles. The van der Waals surface area contributed by atoms with Gasteiger partial charge in [0.25, 0.3) is 0 Å². The van der Waals surface area contributed by atoms with Gasteiger partial charge in [-0.15, -0.1) is 0 Å². The fourth-order valence-corrected chi connectivity index (χ4v) is 2.25. The minimum absolute atomic E-state index is 0.0667. The molecule has 0 spiro atoms. The minimum Gasteiger partial charge on any atom is -0.481 e. The molecule has 4 heteroatoms. The molecule has 4 nitrogen and oxygen atoms in total. The molecule has 0 heterocycles. The molecule has 1 saturated carbocycles. The number of amides is 1. The summed E-state index contributed by atoms with van der Waals surface area (Å²) in [5.41, 5.74) is 0. The third kappa shape index (κ3) is 3.22. The Morgan fingerprint density at radius 1 is 1.31 bits per heavy atom. The summed E-state index contributed by atoms with van der Waals surface area (Å²) in [5.74, 6) is -1.01. The van der Waals surface area contributed by atoms with Gasteiger partial charge in [-0.2, -0.15) is 0 Å². The van der Waals surface area contributed by atoms with Crippen LogP contribution >= 0.6 is 0 Å². The van der Waals surface area contributed by atoms with Gasteiger partial charge in [0, 0.05) is 19.5 Å². The first-order valence-electron chi connectivity index (χ1n) is 6.04. The number of carboxylic acids is 1. The lowest BCUT2D eigenvalue weighted by molar-refractivity contribution is -0.141. The van der Waals surface area contributed by atoms with Gasteiger partial charge in [0.05, 0.1) is 5.92 Å². The van der Waals surface area contributed by atoms with Crippen LogP contribution in [0, 0.1) is 11.8 Å². The third-order valence-electron chi connectivity index (χ3n) is 3.35. The third-order valence-corrected chi connectivity index (χ3v) is 3.35. The number of carbonyl (C=O) groups excluding carboxylic acids is 1. The van der Waals surface area contributed by atoms with Crippen molar-refractivity contribution in [2.75, 3.05) is 13.6 Å². The van der Waals surface area contributed by atoms with Gasteiger partial charge in [-0.25, -0.2) is 0 Å². The van der Waals surface area contributed by atoms with Gasteiger partial charge < -0.3 is 10.0 Å². The van der Waals surface area contributed by atoms with E-state index in [-0.39, 0.29) is 17.7 Å². The largest absolute Gasteiger partial charge is 0.481 e. The van der Waals surface area contributed by atoms with Gasteiger partial charge in [0.2, 0.25) is 5.91 Å². The maximum Gasteiger partial charge on any atom is 0.306 e. The molecule has 0 aromatic heterocycles. The van der Waals surface area contributed by atoms with Crippen molar-refractivity contribution in [1.82, 2.24) is 4.90 Å². The predicted molar refractivity (Wildman–Crippen MR) is 61.0 cm³/mol. The van der Waals surface area contributed by atoms with E-state index in [0.717, 1.165) is 25.8 Å². The topological polar surface area (TPSA) is 57.6 Å². The van der Waals surface area contributed by atoms with Crippen molar-refractivity contribution in [2.45, 2.75) is 39.0 Å². The van der Waals surface area contributed by atoms with Crippen molar-refractivity contribution >= 4 is 11.9 Å². The molecule has 2 atom stereocenters. The summed E-state index contributed by atoms with van der Waals surface area (Å²) in [6, 6.07) is 0. The average Bonchev–Trinajstić information content (AvgIpc) is 2.74. The lowest BCUT2D eigenvalue weighted by Gasteiger charge is -2.20. The second-order valence-corrected chi connectivity index (χ2v) is 4.66. The quantitative estimate of drug-likeness (QED) is 0.778. The number of unbranched alkanes of at least 4 members (excludes halogenated alkanes) is 1. The van der Waals surface area contributed by atoms with Crippen LogP contribution in [0.5, 0.6) is 0 Å². The molecule has 1 aliphatic carbocycles. The van der Waals surface area contributed by atoms with Crippen LogP contribution in [0.25, 0.3) is 0 Å². The van der Waals surface area contributed by atoms with Crippen molar-refractivity contribution < 1.29 is 14.7 Å². The van der Waals surface area contributed by atoms with Crippen LogP contribution in [0.4, 0.5) is 0 Å². The standard InChI is InChI=1S/C12H21NO3/c1-3-4-7-13(2)11(14)9-5-6-10(8-9)12(15)16/h9-10H,3-8H2,1-2H3,(H,15,16). The molecule has 1 fully saturated rings. The second-order valence-electron chi connectivity index (χ2n) is 4.66. The Kier molecular flexibility index (Phi) is 4.77. The zero-order valence-electron chi connectivity index (χ0n) is 10.1. The lowest BCUT2D eigenvalue weighted by atomic mass is 10.0. The van der Waals surface area contributed by atoms with Crippen LogP contribution in [0.15, 0.2) is 0 Å². The number of hydrogen-bond donors (Lipinski definition) is 1. The zero-order chi connectivity index (χ0) is 12.1. The van der Waals surface area contributed by atoms with Crippen molar-refractivity contribution in [3.8, 4) is 0 Å². The highest BCUT2D eigenvalue weighted by molar-refractivity contribution is 5.80. The minimum atomic E-state index is -0.758. The number of rotatable bonds is 5. The Morgan fingerprint density at radius 3 is 2.44 bits per heavy atom. The molecule has 16 heavy (non-hydrogen) atoms. The van der Waals surface area contributed by atoms with E-state index >= 15 is 0 Å². The molecule has 0 saturated heterocycles. The predicted octanol–water partition coefficient (Wildman–Crippen LogP) is 1.75. The Hall–Kier alpha value is -1.06. The first-order valence-corrected chi connectivity index (χ1v) is 6.04.